The highest BCUT2D eigenvalue weighted by atomic mass is 16.5. The monoisotopic (exact) mass is 538 g/mol. The molecule has 0 spiro atoms. The van der Waals surface area contributed by atoms with Crippen molar-refractivity contribution < 1.29 is 28.6 Å². The van der Waals surface area contributed by atoms with Crippen molar-refractivity contribution in [3.8, 4) is 0 Å². The van der Waals surface area contributed by atoms with Crippen LogP contribution in [0.3, 0.4) is 0 Å². The van der Waals surface area contributed by atoms with Crippen LogP contribution in [0.5, 0.6) is 0 Å². The van der Waals surface area contributed by atoms with Gasteiger partial charge >= 0.3 is 11.9 Å². The van der Waals surface area contributed by atoms with E-state index in [9.17, 15) is 14.4 Å². The van der Waals surface area contributed by atoms with Crippen molar-refractivity contribution in [2.24, 2.45) is 39.4 Å². The summed E-state index contributed by atoms with van der Waals surface area (Å²) in [5.74, 6) is 1.15. The molecule has 214 valence electrons. The summed E-state index contributed by atoms with van der Waals surface area (Å²) in [4.78, 5) is 37.4. The van der Waals surface area contributed by atoms with E-state index in [1.807, 2.05) is 6.08 Å². The van der Waals surface area contributed by atoms with Gasteiger partial charge in [0.15, 0.2) is 5.78 Å². The average Bonchev–Trinajstić information content (AvgIpc) is 3.24. The second-order valence-electron chi connectivity index (χ2n) is 14.2. The normalized spacial score (nSPS) is 40.8. The molecular weight excluding hydrogens is 492 g/mol. The van der Waals surface area contributed by atoms with Gasteiger partial charge in [-0.3, -0.25) is 9.59 Å². The highest BCUT2D eigenvalue weighted by Gasteiger charge is 2.71. The molecule has 8 atom stereocenters. The van der Waals surface area contributed by atoms with Crippen molar-refractivity contribution in [3.63, 3.8) is 0 Å². The number of hydrogen-bond acceptors (Lipinski definition) is 6. The Balaban J connectivity index is 1.55. The number of ether oxygens (including phenoxy) is 3. The summed E-state index contributed by atoms with van der Waals surface area (Å²) in [5.41, 5.74) is 2.57. The molecule has 6 nitrogen and oxygen atoms in total. The molecule has 6 heteroatoms. The standard InChI is InChI=1S/C33H46O6/c1-18(11-10-12-19(2)29(36)37-9)27-22(38-20(3)34)16-31(6)21-13-14-24-30(4,5)25(35)15-26-33(24,8)28(21)23(39-26)17-32(27,31)7/h12,15,18,22-24,27H,10-11,13-14,16-17H2,1-9H3. The molecule has 39 heavy (non-hydrogen) atoms. The summed E-state index contributed by atoms with van der Waals surface area (Å²) >= 11 is 0. The lowest BCUT2D eigenvalue weighted by Gasteiger charge is -2.57. The van der Waals surface area contributed by atoms with E-state index in [0.29, 0.717) is 5.57 Å². The number of carbonyl (C=O) groups is 3. The third-order valence-corrected chi connectivity index (χ3v) is 11.9. The SMILES string of the molecule is COC(=O)C(C)=CCCC(C)C1C(OC(C)=O)CC2(C)C3=C4C(CC12C)OC1=CC(=O)C(C)(C)C(CC3)C14C. The van der Waals surface area contributed by atoms with Crippen LogP contribution in [0, 0.1) is 39.4 Å². The number of fused-ring (bicyclic) bond motifs is 2. The summed E-state index contributed by atoms with van der Waals surface area (Å²) in [6, 6.07) is 0. The molecule has 0 bridgehead atoms. The number of esters is 2. The Bertz CT molecular complexity index is 1200. The lowest BCUT2D eigenvalue weighted by Crippen LogP contribution is -2.53. The topological polar surface area (TPSA) is 78.9 Å². The van der Waals surface area contributed by atoms with Crippen molar-refractivity contribution in [1.82, 2.24) is 0 Å². The Morgan fingerprint density at radius 3 is 2.49 bits per heavy atom. The van der Waals surface area contributed by atoms with E-state index in [1.54, 1.807) is 13.0 Å². The minimum absolute atomic E-state index is 0.0499. The fourth-order valence-corrected chi connectivity index (χ4v) is 9.91. The Kier molecular flexibility index (Phi) is 6.55. The maximum atomic E-state index is 13.2. The number of carbonyl (C=O) groups excluding carboxylic acids is 3. The Morgan fingerprint density at radius 2 is 1.85 bits per heavy atom. The third-order valence-electron chi connectivity index (χ3n) is 11.9. The van der Waals surface area contributed by atoms with Gasteiger partial charge < -0.3 is 14.2 Å². The lowest BCUT2D eigenvalue weighted by atomic mass is 9.44. The zero-order valence-electron chi connectivity index (χ0n) is 25.2. The molecule has 0 aromatic rings. The second kappa shape index (κ2) is 9.07. The zero-order chi connectivity index (χ0) is 28.7. The van der Waals surface area contributed by atoms with Crippen molar-refractivity contribution >= 4 is 17.7 Å². The zero-order valence-corrected chi connectivity index (χ0v) is 25.2. The van der Waals surface area contributed by atoms with Gasteiger partial charge in [0, 0.05) is 29.9 Å². The predicted molar refractivity (Wildman–Crippen MR) is 148 cm³/mol. The highest BCUT2D eigenvalue weighted by molar-refractivity contribution is 5.97. The third kappa shape index (κ3) is 3.75. The van der Waals surface area contributed by atoms with Crippen molar-refractivity contribution in [3.05, 3.63) is 34.6 Å². The first-order chi connectivity index (χ1) is 18.1. The molecule has 0 aromatic carbocycles. The summed E-state index contributed by atoms with van der Waals surface area (Å²) in [5, 5.41) is 0. The van der Waals surface area contributed by atoms with Crippen LogP contribution in [0.1, 0.15) is 93.9 Å². The van der Waals surface area contributed by atoms with Crippen LogP contribution >= 0.6 is 0 Å². The largest absolute Gasteiger partial charge is 0.489 e. The van der Waals surface area contributed by atoms with Crippen LogP contribution in [0.25, 0.3) is 0 Å². The molecule has 0 N–H and O–H groups in total. The summed E-state index contributed by atoms with van der Waals surface area (Å²) < 4.78 is 17.7. The Labute approximate surface area is 233 Å². The molecule has 1 saturated heterocycles. The summed E-state index contributed by atoms with van der Waals surface area (Å²) in [7, 11) is 1.40. The van der Waals surface area contributed by atoms with E-state index in [1.165, 1.54) is 25.2 Å². The number of hydrogen-bond donors (Lipinski definition) is 0. The lowest BCUT2D eigenvalue weighted by molar-refractivity contribution is -0.150. The van der Waals surface area contributed by atoms with E-state index >= 15 is 0 Å². The van der Waals surface area contributed by atoms with Crippen LogP contribution in [-0.4, -0.2) is 37.0 Å². The summed E-state index contributed by atoms with van der Waals surface area (Å²) in [6.07, 6.45) is 8.75. The molecule has 5 rings (SSSR count). The van der Waals surface area contributed by atoms with Crippen molar-refractivity contribution in [1.29, 1.82) is 0 Å². The van der Waals surface area contributed by atoms with E-state index in [-0.39, 0.29) is 63.9 Å². The predicted octanol–water partition coefficient (Wildman–Crippen LogP) is 6.49. The van der Waals surface area contributed by atoms with E-state index in [0.717, 1.165) is 44.3 Å². The molecule has 1 saturated carbocycles. The highest BCUT2D eigenvalue weighted by Crippen LogP contribution is 2.75. The van der Waals surface area contributed by atoms with Gasteiger partial charge in [-0.25, -0.2) is 4.79 Å². The van der Waals surface area contributed by atoms with Crippen LogP contribution in [0.2, 0.25) is 0 Å². The average molecular weight is 539 g/mol. The van der Waals surface area contributed by atoms with Crippen LogP contribution in [0.15, 0.2) is 34.6 Å². The quantitative estimate of drug-likeness (QED) is 0.218. The Morgan fingerprint density at radius 1 is 1.15 bits per heavy atom. The van der Waals surface area contributed by atoms with Gasteiger partial charge in [-0.1, -0.05) is 46.3 Å². The molecule has 1 heterocycles. The van der Waals surface area contributed by atoms with Gasteiger partial charge in [0.25, 0.3) is 0 Å². The van der Waals surface area contributed by atoms with Gasteiger partial charge in [0.2, 0.25) is 0 Å². The first-order valence-corrected chi connectivity index (χ1v) is 14.7. The number of methoxy groups -OCH3 is 1. The number of ketones is 1. The molecule has 8 unspecified atom stereocenters. The van der Waals surface area contributed by atoms with Crippen molar-refractivity contribution in [2.75, 3.05) is 7.11 Å². The van der Waals surface area contributed by atoms with Gasteiger partial charge in [0.1, 0.15) is 18.0 Å². The molecule has 0 amide bonds. The van der Waals surface area contributed by atoms with Gasteiger partial charge in [-0.15, -0.1) is 0 Å². The maximum absolute atomic E-state index is 13.2. The summed E-state index contributed by atoms with van der Waals surface area (Å²) in [6.45, 7) is 16.9. The molecule has 2 fully saturated rings. The molecule has 1 aliphatic heterocycles. The van der Waals surface area contributed by atoms with Crippen LogP contribution in [0.4, 0.5) is 0 Å². The molecule has 0 aromatic heterocycles. The minimum atomic E-state index is -0.417. The van der Waals surface area contributed by atoms with Gasteiger partial charge in [-0.2, -0.15) is 0 Å². The Hall–Kier alpha value is -2.37. The van der Waals surface area contributed by atoms with E-state index in [2.05, 4.69) is 41.5 Å². The van der Waals surface area contributed by atoms with Crippen molar-refractivity contribution in [2.45, 2.75) is 106 Å². The van der Waals surface area contributed by atoms with Gasteiger partial charge in [0.05, 0.1) is 12.5 Å². The van der Waals surface area contributed by atoms with Crippen LogP contribution in [-0.2, 0) is 28.6 Å². The molecule has 0 radical (unpaired) electrons. The first-order valence-electron chi connectivity index (χ1n) is 14.7. The maximum Gasteiger partial charge on any atom is 0.333 e. The van der Waals surface area contributed by atoms with E-state index < -0.39 is 5.41 Å². The van der Waals surface area contributed by atoms with Gasteiger partial charge in [-0.05, 0) is 80.6 Å². The van der Waals surface area contributed by atoms with Crippen LogP contribution < -0.4 is 0 Å². The number of rotatable bonds is 6. The minimum Gasteiger partial charge on any atom is -0.489 e. The first kappa shape index (κ1) is 28.2. The smallest absolute Gasteiger partial charge is 0.333 e. The second-order valence-corrected chi connectivity index (χ2v) is 14.2. The molecule has 4 aliphatic carbocycles. The fourth-order valence-electron chi connectivity index (χ4n) is 9.91. The number of allylic oxidation sites excluding steroid dienone is 4. The molecular formula is C33H46O6. The fraction of sp³-hybridized carbons (Fsp3) is 0.727. The van der Waals surface area contributed by atoms with E-state index in [4.69, 9.17) is 14.2 Å². The molecule has 5 aliphatic rings.